The first-order valence-electron chi connectivity index (χ1n) is 6.69. The molecule has 3 rings (SSSR count). The molecule has 1 unspecified atom stereocenters. The fourth-order valence-corrected chi connectivity index (χ4v) is 2.79. The number of hydrogen-bond donors (Lipinski definition) is 1. The van der Waals surface area contributed by atoms with Gasteiger partial charge in [-0.3, -0.25) is 9.69 Å². The summed E-state index contributed by atoms with van der Waals surface area (Å²) >= 11 is 0. The van der Waals surface area contributed by atoms with Crippen molar-refractivity contribution in [1.29, 1.82) is 0 Å². The van der Waals surface area contributed by atoms with Crippen molar-refractivity contribution in [3.63, 3.8) is 0 Å². The number of benzene rings is 1. The van der Waals surface area contributed by atoms with E-state index in [1.807, 2.05) is 4.90 Å². The van der Waals surface area contributed by atoms with E-state index in [9.17, 15) is 14.0 Å². The Bertz CT molecular complexity index is 549. The minimum Gasteiger partial charge on any atom is -0.336 e. The summed E-state index contributed by atoms with van der Waals surface area (Å²) in [6.07, 6.45) is 0. The molecule has 2 amide bonds. The number of hydrogen-bond acceptors (Lipinski definition) is 3. The van der Waals surface area contributed by atoms with E-state index in [0.29, 0.717) is 26.2 Å². The second kappa shape index (κ2) is 5.20. The summed E-state index contributed by atoms with van der Waals surface area (Å²) in [5, 5.41) is 2.79. The lowest BCUT2D eigenvalue weighted by Gasteiger charge is -2.35. The van der Waals surface area contributed by atoms with Gasteiger partial charge in [-0.25, -0.2) is 9.18 Å². The highest BCUT2D eigenvalue weighted by atomic mass is 19.1. The van der Waals surface area contributed by atoms with Crippen LogP contribution in [0.5, 0.6) is 0 Å². The maximum absolute atomic E-state index is 13.6. The van der Waals surface area contributed by atoms with Crippen LogP contribution in [0.4, 0.5) is 9.18 Å². The number of nitrogens with zero attached hydrogens (tertiary/aromatic N) is 2. The summed E-state index contributed by atoms with van der Waals surface area (Å²) in [6.45, 7) is 2.72. The summed E-state index contributed by atoms with van der Waals surface area (Å²) in [4.78, 5) is 27.4. The Morgan fingerprint density at radius 3 is 2.95 bits per heavy atom. The molecule has 2 aliphatic rings. The van der Waals surface area contributed by atoms with Crippen LogP contribution < -0.4 is 5.32 Å². The van der Waals surface area contributed by atoms with Crippen molar-refractivity contribution >= 4 is 11.8 Å². The maximum Gasteiger partial charge on any atom is 0.317 e. The van der Waals surface area contributed by atoms with Gasteiger partial charge in [0.1, 0.15) is 5.82 Å². The first kappa shape index (κ1) is 13.1. The van der Waals surface area contributed by atoms with Crippen LogP contribution in [0, 0.1) is 5.82 Å². The molecule has 20 heavy (non-hydrogen) atoms. The monoisotopic (exact) mass is 277 g/mol. The molecular formula is C14H16FN3O2. The topological polar surface area (TPSA) is 52.7 Å². The molecule has 0 spiro atoms. The highest BCUT2D eigenvalue weighted by Crippen LogP contribution is 2.15. The van der Waals surface area contributed by atoms with Crippen LogP contribution in [0.25, 0.3) is 0 Å². The van der Waals surface area contributed by atoms with Crippen LogP contribution in [0.1, 0.15) is 10.4 Å². The Hall–Kier alpha value is -1.95. The van der Waals surface area contributed by atoms with Crippen LogP contribution in [-0.4, -0.2) is 60.4 Å². The lowest BCUT2D eigenvalue weighted by Crippen LogP contribution is -2.53. The quantitative estimate of drug-likeness (QED) is 0.828. The fraction of sp³-hybridized carbons (Fsp3) is 0.429. The Kier molecular flexibility index (Phi) is 3.40. The third-order valence-corrected chi connectivity index (χ3v) is 3.86. The minimum atomic E-state index is -0.478. The van der Waals surface area contributed by atoms with Crippen molar-refractivity contribution in [3.8, 4) is 0 Å². The van der Waals surface area contributed by atoms with Crippen molar-refractivity contribution in [1.82, 2.24) is 15.1 Å². The van der Waals surface area contributed by atoms with Crippen LogP contribution in [0.15, 0.2) is 24.3 Å². The van der Waals surface area contributed by atoms with Crippen LogP contribution >= 0.6 is 0 Å². The van der Waals surface area contributed by atoms with E-state index in [0.717, 1.165) is 0 Å². The van der Waals surface area contributed by atoms with Gasteiger partial charge in [-0.2, -0.15) is 0 Å². The van der Waals surface area contributed by atoms with Crippen LogP contribution in [-0.2, 0) is 0 Å². The van der Waals surface area contributed by atoms with E-state index < -0.39 is 5.82 Å². The zero-order valence-corrected chi connectivity index (χ0v) is 11.0. The van der Waals surface area contributed by atoms with Crippen LogP contribution in [0.3, 0.4) is 0 Å². The Morgan fingerprint density at radius 1 is 1.35 bits per heavy atom. The predicted octanol–water partition coefficient (Wildman–Crippen LogP) is 0.718. The van der Waals surface area contributed by atoms with Crippen molar-refractivity contribution in [2.45, 2.75) is 6.04 Å². The van der Waals surface area contributed by atoms with Gasteiger partial charge in [0.15, 0.2) is 5.78 Å². The predicted molar refractivity (Wildman–Crippen MR) is 71.1 cm³/mol. The zero-order chi connectivity index (χ0) is 14.1. The number of urea groups is 1. The number of carbonyl (C=O) groups excluding carboxylic acids is 2. The molecule has 1 atom stereocenters. The molecule has 2 saturated heterocycles. The van der Waals surface area contributed by atoms with E-state index in [-0.39, 0.29) is 30.0 Å². The molecule has 0 radical (unpaired) electrons. The highest BCUT2D eigenvalue weighted by Gasteiger charge is 2.35. The molecule has 5 nitrogen and oxygen atoms in total. The van der Waals surface area contributed by atoms with E-state index in [1.54, 1.807) is 17.0 Å². The summed E-state index contributed by atoms with van der Waals surface area (Å²) in [7, 11) is 0. The minimum absolute atomic E-state index is 0.0323. The molecule has 0 aromatic heterocycles. The molecule has 2 aliphatic heterocycles. The third-order valence-electron chi connectivity index (χ3n) is 3.86. The second-order valence-corrected chi connectivity index (χ2v) is 5.17. The van der Waals surface area contributed by atoms with Gasteiger partial charge in [0, 0.05) is 26.2 Å². The lowest BCUT2D eigenvalue weighted by atomic mass is 10.1. The van der Waals surface area contributed by atoms with E-state index in [4.69, 9.17) is 0 Å². The number of Topliss-reactive ketones (excluding diaryl/α,β-unsaturated/α-hetero) is 1. The molecule has 1 aromatic carbocycles. The lowest BCUT2D eigenvalue weighted by molar-refractivity contribution is 0.0834. The number of amides is 2. The SMILES string of the molecule is O=C(CN1CCN2C(=O)NCC2C1)c1ccccc1F. The number of nitrogens with one attached hydrogen (secondary N) is 1. The van der Waals surface area contributed by atoms with Crippen molar-refractivity contribution in [3.05, 3.63) is 35.6 Å². The fourth-order valence-electron chi connectivity index (χ4n) is 2.79. The number of halogens is 1. The summed E-state index contributed by atoms with van der Waals surface area (Å²) in [6, 6.07) is 6.12. The summed E-state index contributed by atoms with van der Waals surface area (Å²) in [5.41, 5.74) is 0.135. The average molecular weight is 277 g/mol. The number of carbonyl (C=O) groups is 2. The molecular weight excluding hydrogens is 261 g/mol. The number of fused-ring (bicyclic) bond motifs is 1. The molecule has 1 N–H and O–H groups in total. The van der Waals surface area contributed by atoms with E-state index in [1.165, 1.54) is 12.1 Å². The van der Waals surface area contributed by atoms with Gasteiger partial charge in [-0.15, -0.1) is 0 Å². The molecule has 1 aromatic rings. The van der Waals surface area contributed by atoms with Crippen molar-refractivity contribution in [2.75, 3.05) is 32.7 Å². The average Bonchev–Trinajstić information content (AvgIpc) is 2.80. The standard InChI is InChI=1S/C14H16FN3O2/c15-12-4-2-1-3-11(12)13(19)9-17-5-6-18-10(8-17)7-16-14(18)20/h1-4,10H,5-9H2,(H,16,20). The Morgan fingerprint density at radius 2 is 2.15 bits per heavy atom. The molecule has 0 saturated carbocycles. The van der Waals surface area contributed by atoms with Gasteiger partial charge >= 0.3 is 6.03 Å². The molecule has 106 valence electrons. The van der Waals surface area contributed by atoms with E-state index >= 15 is 0 Å². The first-order chi connectivity index (χ1) is 9.65. The van der Waals surface area contributed by atoms with Gasteiger partial charge in [0.05, 0.1) is 18.2 Å². The Labute approximate surface area is 116 Å². The summed E-state index contributed by atoms with van der Waals surface area (Å²) in [5.74, 6) is -0.692. The first-order valence-corrected chi connectivity index (χ1v) is 6.69. The molecule has 6 heteroatoms. The number of ketones is 1. The van der Waals surface area contributed by atoms with Crippen molar-refractivity contribution in [2.24, 2.45) is 0 Å². The smallest absolute Gasteiger partial charge is 0.317 e. The molecule has 2 heterocycles. The van der Waals surface area contributed by atoms with Gasteiger partial charge in [-0.1, -0.05) is 12.1 Å². The van der Waals surface area contributed by atoms with Gasteiger partial charge in [0.25, 0.3) is 0 Å². The second-order valence-electron chi connectivity index (χ2n) is 5.17. The van der Waals surface area contributed by atoms with Gasteiger partial charge < -0.3 is 10.2 Å². The molecule has 0 bridgehead atoms. The largest absolute Gasteiger partial charge is 0.336 e. The summed E-state index contributed by atoms with van der Waals surface area (Å²) < 4.78 is 13.6. The number of piperazine rings is 1. The van der Waals surface area contributed by atoms with Gasteiger partial charge in [-0.05, 0) is 12.1 Å². The van der Waals surface area contributed by atoms with Crippen molar-refractivity contribution < 1.29 is 14.0 Å². The highest BCUT2D eigenvalue weighted by molar-refractivity contribution is 5.97. The maximum atomic E-state index is 13.6. The third kappa shape index (κ3) is 2.38. The normalized spacial score (nSPS) is 22.6. The molecule has 2 fully saturated rings. The Balaban J connectivity index is 1.63. The number of rotatable bonds is 3. The zero-order valence-electron chi connectivity index (χ0n) is 11.0. The van der Waals surface area contributed by atoms with Gasteiger partial charge in [0.2, 0.25) is 0 Å². The van der Waals surface area contributed by atoms with E-state index in [2.05, 4.69) is 5.32 Å². The molecule has 0 aliphatic carbocycles. The van der Waals surface area contributed by atoms with Crippen LogP contribution in [0.2, 0.25) is 0 Å².